The Labute approximate surface area is 247 Å². The first kappa shape index (κ1) is 30.6. The first-order valence-electron chi connectivity index (χ1n) is 13.1. The summed E-state index contributed by atoms with van der Waals surface area (Å²) in [5.74, 6) is 0. The van der Waals surface area contributed by atoms with Crippen LogP contribution in [0.1, 0.15) is 33.4 Å². The fourth-order valence-corrected chi connectivity index (χ4v) is 8.22. The summed E-state index contributed by atoms with van der Waals surface area (Å²) in [5.41, 5.74) is 5.78. The SMILES string of the molecule is Cc1cc(C)c(S(=O)(=O)Nc2cccc(NC(=O)Nc3cccc(NS(=O)(=O)c4c(C)cc(C)cc4C)c3)c2)c(C)c1. The van der Waals surface area contributed by atoms with E-state index < -0.39 is 26.1 Å². The highest BCUT2D eigenvalue weighted by atomic mass is 32.2. The van der Waals surface area contributed by atoms with Crippen LogP contribution < -0.4 is 20.1 Å². The number of rotatable bonds is 8. The Hall–Kier alpha value is -4.35. The molecule has 0 atom stereocenters. The van der Waals surface area contributed by atoms with E-state index in [1.807, 2.05) is 38.1 Å². The van der Waals surface area contributed by atoms with Crippen LogP contribution >= 0.6 is 0 Å². The zero-order valence-electron chi connectivity index (χ0n) is 24.3. The average molecular weight is 607 g/mol. The van der Waals surface area contributed by atoms with E-state index in [4.69, 9.17) is 0 Å². The standard InChI is InChI=1S/C31H34N4O5S2/c1-19-13-21(3)29(22(4)14-19)41(37,38)34-27-11-7-9-25(17-27)32-31(36)33-26-10-8-12-28(18-26)35-42(39,40)30-23(5)15-20(2)16-24(30)6/h7-18,34-35H,1-6H3,(H2,32,33,36). The lowest BCUT2D eigenvalue weighted by Gasteiger charge is -2.15. The fourth-order valence-electron chi connectivity index (χ4n) is 5.21. The van der Waals surface area contributed by atoms with Crippen LogP contribution in [0, 0.1) is 41.5 Å². The third-order valence-corrected chi connectivity index (χ3v) is 9.86. The maximum absolute atomic E-state index is 13.1. The van der Waals surface area contributed by atoms with Crippen LogP contribution in [0.2, 0.25) is 0 Å². The van der Waals surface area contributed by atoms with Crippen molar-refractivity contribution in [3.8, 4) is 0 Å². The Morgan fingerprint density at radius 3 is 1.14 bits per heavy atom. The quantitative estimate of drug-likeness (QED) is 0.175. The van der Waals surface area contributed by atoms with Crippen molar-refractivity contribution in [3.05, 3.63) is 106 Å². The smallest absolute Gasteiger partial charge is 0.308 e. The minimum atomic E-state index is -3.87. The number of carbonyl (C=O) groups excluding carboxylic acids is 1. The number of carbonyl (C=O) groups is 1. The van der Waals surface area contributed by atoms with Gasteiger partial charge in [-0.1, -0.05) is 47.5 Å². The summed E-state index contributed by atoms with van der Waals surface area (Å²) in [6.45, 7) is 10.8. The molecule has 0 aliphatic heterocycles. The van der Waals surface area contributed by atoms with E-state index in [2.05, 4.69) is 20.1 Å². The van der Waals surface area contributed by atoms with E-state index in [1.54, 1.807) is 64.1 Å². The molecule has 0 bridgehead atoms. The lowest BCUT2D eigenvalue weighted by atomic mass is 10.1. The second-order valence-corrected chi connectivity index (χ2v) is 13.6. The van der Waals surface area contributed by atoms with Crippen molar-refractivity contribution in [1.29, 1.82) is 0 Å². The van der Waals surface area contributed by atoms with Gasteiger partial charge in [-0.15, -0.1) is 0 Å². The number of nitrogens with one attached hydrogen (secondary N) is 4. The van der Waals surface area contributed by atoms with Crippen LogP contribution in [-0.4, -0.2) is 22.9 Å². The van der Waals surface area contributed by atoms with E-state index in [-0.39, 0.29) is 21.2 Å². The van der Waals surface area contributed by atoms with Gasteiger partial charge in [-0.2, -0.15) is 0 Å². The van der Waals surface area contributed by atoms with Crippen LogP contribution in [-0.2, 0) is 20.0 Å². The molecule has 0 unspecified atom stereocenters. The number of hydrogen-bond acceptors (Lipinski definition) is 5. The van der Waals surface area contributed by atoms with Crippen LogP contribution in [0.15, 0.2) is 82.6 Å². The summed E-state index contributed by atoms with van der Waals surface area (Å²) in [6.07, 6.45) is 0. The fraction of sp³-hybridized carbons (Fsp3) is 0.194. The molecule has 0 aliphatic carbocycles. The first-order chi connectivity index (χ1) is 19.6. The highest BCUT2D eigenvalue weighted by molar-refractivity contribution is 7.93. The molecule has 0 saturated heterocycles. The Bertz CT molecular complexity index is 1720. The Morgan fingerprint density at radius 1 is 0.500 bits per heavy atom. The van der Waals surface area contributed by atoms with Gasteiger partial charge in [0.2, 0.25) is 0 Å². The molecule has 0 fully saturated rings. The van der Waals surface area contributed by atoms with E-state index in [0.717, 1.165) is 11.1 Å². The normalized spacial score (nSPS) is 11.6. The minimum Gasteiger partial charge on any atom is -0.308 e. The Kier molecular flexibility index (Phi) is 8.65. The zero-order valence-corrected chi connectivity index (χ0v) is 25.9. The molecule has 0 aromatic heterocycles. The molecule has 4 N–H and O–H groups in total. The lowest BCUT2D eigenvalue weighted by molar-refractivity contribution is 0.262. The second kappa shape index (κ2) is 11.9. The van der Waals surface area contributed by atoms with Gasteiger partial charge in [0, 0.05) is 11.4 Å². The lowest BCUT2D eigenvalue weighted by Crippen LogP contribution is -2.20. The van der Waals surface area contributed by atoms with Crippen molar-refractivity contribution in [2.24, 2.45) is 0 Å². The highest BCUT2D eigenvalue weighted by Crippen LogP contribution is 2.27. The zero-order chi connectivity index (χ0) is 30.8. The van der Waals surface area contributed by atoms with Gasteiger partial charge in [-0.3, -0.25) is 9.44 Å². The van der Waals surface area contributed by atoms with E-state index in [1.165, 1.54) is 12.1 Å². The third-order valence-electron chi connectivity index (χ3n) is 6.49. The van der Waals surface area contributed by atoms with Crippen molar-refractivity contribution >= 4 is 48.8 Å². The number of hydrogen-bond donors (Lipinski definition) is 4. The van der Waals surface area contributed by atoms with Crippen molar-refractivity contribution in [3.63, 3.8) is 0 Å². The van der Waals surface area contributed by atoms with Crippen LogP contribution in [0.25, 0.3) is 0 Å². The maximum atomic E-state index is 13.1. The average Bonchev–Trinajstić information content (AvgIpc) is 2.82. The molecule has 0 radical (unpaired) electrons. The minimum absolute atomic E-state index is 0.215. The molecule has 0 aliphatic rings. The molecule has 11 heteroatoms. The van der Waals surface area contributed by atoms with Crippen molar-refractivity contribution in [1.82, 2.24) is 0 Å². The number of amides is 2. The summed E-state index contributed by atoms with van der Waals surface area (Å²) in [7, 11) is -7.73. The molecule has 9 nitrogen and oxygen atoms in total. The van der Waals surface area contributed by atoms with Gasteiger partial charge in [0.15, 0.2) is 0 Å². The molecule has 4 rings (SSSR count). The summed E-state index contributed by atoms with van der Waals surface area (Å²) >= 11 is 0. The van der Waals surface area contributed by atoms with Gasteiger partial charge in [-0.25, -0.2) is 21.6 Å². The van der Waals surface area contributed by atoms with Gasteiger partial charge in [0.25, 0.3) is 20.0 Å². The van der Waals surface area contributed by atoms with Crippen molar-refractivity contribution in [2.75, 3.05) is 20.1 Å². The first-order valence-corrected chi connectivity index (χ1v) is 16.1. The second-order valence-electron chi connectivity index (χ2n) is 10.4. The molecule has 42 heavy (non-hydrogen) atoms. The predicted octanol–water partition coefficient (Wildman–Crippen LogP) is 6.78. The van der Waals surface area contributed by atoms with E-state index in [0.29, 0.717) is 33.6 Å². The molecule has 220 valence electrons. The van der Waals surface area contributed by atoms with Crippen LogP contribution in [0.4, 0.5) is 27.5 Å². The van der Waals surface area contributed by atoms with Gasteiger partial charge in [0.1, 0.15) is 0 Å². The number of benzene rings is 4. The molecule has 4 aromatic carbocycles. The molecule has 0 saturated carbocycles. The molecule has 0 spiro atoms. The third kappa shape index (κ3) is 7.10. The summed E-state index contributed by atoms with van der Waals surface area (Å²) in [6, 6.07) is 19.3. The summed E-state index contributed by atoms with van der Waals surface area (Å²) in [4.78, 5) is 13.2. The van der Waals surface area contributed by atoms with Crippen LogP contribution in [0.3, 0.4) is 0 Å². The van der Waals surface area contributed by atoms with Gasteiger partial charge in [0.05, 0.1) is 21.2 Å². The highest BCUT2D eigenvalue weighted by Gasteiger charge is 2.21. The van der Waals surface area contributed by atoms with E-state index in [9.17, 15) is 21.6 Å². The number of aryl methyl sites for hydroxylation is 6. The summed E-state index contributed by atoms with van der Waals surface area (Å²) < 4.78 is 57.7. The Balaban J connectivity index is 1.46. The van der Waals surface area contributed by atoms with Crippen LogP contribution in [0.5, 0.6) is 0 Å². The largest absolute Gasteiger partial charge is 0.323 e. The summed E-state index contributed by atoms with van der Waals surface area (Å²) in [5, 5.41) is 5.35. The van der Waals surface area contributed by atoms with Gasteiger partial charge in [-0.05, 0) is 100 Å². The van der Waals surface area contributed by atoms with Gasteiger partial charge >= 0.3 is 6.03 Å². The number of anilines is 4. The maximum Gasteiger partial charge on any atom is 0.323 e. The predicted molar refractivity (Wildman–Crippen MR) is 168 cm³/mol. The molecular formula is C31H34N4O5S2. The number of sulfonamides is 2. The topological polar surface area (TPSA) is 133 Å². The van der Waals surface area contributed by atoms with Crippen molar-refractivity contribution in [2.45, 2.75) is 51.3 Å². The molecule has 2 amide bonds. The van der Waals surface area contributed by atoms with Gasteiger partial charge < -0.3 is 10.6 Å². The molecular weight excluding hydrogens is 572 g/mol. The number of urea groups is 1. The monoisotopic (exact) mass is 606 g/mol. The van der Waals surface area contributed by atoms with E-state index >= 15 is 0 Å². The molecule has 4 aromatic rings. The van der Waals surface area contributed by atoms with Crippen molar-refractivity contribution < 1.29 is 21.6 Å². The Morgan fingerprint density at radius 2 is 0.810 bits per heavy atom. The molecule has 0 heterocycles.